The summed E-state index contributed by atoms with van der Waals surface area (Å²) >= 11 is 5.89. The molecule has 3 aromatic rings. The fourth-order valence-corrected chi connectivity index (χ4v) is 3.54. The van der Waals surface area contributed by atoms with Crippen molar-refractivity contribution in [3.05, 3.63) is 111 Å². The smallest absolute Gasteiger partial charge is 0.267 e. The summed E-state index contributed by atoms with van der Waals surface area (Å²) in [7, 11) is 0. The van der Waals surface area contributed by atoms with E-state index in [1.165, 1.54) is 23.2 Å². The second kappa shape index (κ2) is 7.85. The van der Waals surface area contributed by atoms with E-state index in [9.17, 15) is 14.9 Å². The van der Waals surface area contributed by atoms with E-state index in [1.807, 2.05) is 60.7 Å². The number of carbonyl (C=O) groups is 1. The molecule has 0 N–H and O–H groups in total. The van der Waals surface area contributed by atoms with Crippen molar-refractivity contribution < 1.29 is 9.72 Å². The molecule has 0 bridgehead atoms. The molecule has 1 aliphatic rings. The standard InChI is InChI=1S/C22H16ClN3O3/c23-18-12-11-17(13-21(18)26(28)29)22(27)25-20(16-9-5-2-6-10-16)14-19(24-25)15-7-3-1-4-8-15/h1-13,20H,14H2/t20-/m1/s1. The molecule has 29 heavy (non-hydrogen) atoms. The van der Waals surface area contributed by atoms with E-state index in [-0.39, 0.29) is 22.3 Å². The molecule has 1 aliphatic heterocycles. The van der Waals surface area contributed by atoms with Crippen LogP contribution in [0.5, 0.6) is 0 Å². The van der Waals surface area contributed by atoms with Crippen LogP contribution in [0.3, 0.4) is 0 Å². The van der Waals surface area contributed by atoms with Gasteiger partial charge in [0.2, 0.25) is 0 Å². The first kappa shape index (κ1) is 18.8. The Morgan fingerprint density at radius 2 is 1.69 bits per heavy atom. The average Bonchev–Trinajstić information content (AvgIpc) is 3.20. The van der Waals surface area contributed by atoms with Gasteiger partial charge in [0.1, 0.15) is 5.02 Å². The van der Waals surface area contributed by atoms with Crippen LogP contribution in [0, 0.1) is 10.1 Å². The normalized spacial score (nSPS) is 15.8. The van der Waals surface area contributed by atoms with Crippen molar-refractivity contribution in [2.24, 2.45) is 5.10 Å². The molecule has 0 spiro atoms. The fourth-order valence-electron chi connectivity index (χ4n) is 3.36. The van der Waals surface area contributed by atoms with Crippen LogP contribution in [0.25, 0.3) is 0 Å². The van der Waals surface area contributed by atoms with E-state index in [0.717, 1.165) is 16.8 Å². The third-order valence-electron chi connectivity index (χ3n) is 4.80. The fraction of sp³-hybridized carbons (Fsp3) is 0.0909. The minimum absolute atomic E-state index is 0.0129. The van der Waals surface area contributed by atoms with Crippen LogP contribution < -0.4 is 0 Å². The minimum Gasteiger partial charge on any atom is -0.267 e. The quantitative estimate of drug-likeness (QED) is 0.440. The SMILES string of the molecule is O=C(c1ccc(Cl)c([N+](=O)[O-])c1)N1N=C(c2ccccc2)C[C@@H]1c1ccccc1. The number of hydrogen-bond donors (Lipinski definition) is 0. The number of carbonyl (C=O) groups excluding carboxylic acids is 1. The Labute approximate surface area is 172 Å². The number of halogens is 1. The van der Waals surface area contributed by atoms with Gasteiger partial charge in [-0.05, 0) is 23.3 Å². The Hall–Kier alpha value is -3.51. The molecular formula is C22H16ClN3O3. The minimum atomic E-state index is -0.601. The molecule has 1 atom stereocenters. The highest BCUT2D eigenvalue weighted by atomic mass is 35.5. The van der Waals surface area contributed by atoms with Gasteiger partial charge in [-0.2, -0.15) is 5.10 Å². The summed E-state index contributed by atoms with van der Waals surface area (Å²) in [5, 5.41) is 17.2. The number of nitrogens with zero attached hydrogens (tertiary/aromatic N) is 3. The van der Waals surface area contributed by atoms with Gasteiger partial charge in [-0.3, -0.25) is 14.9 Å². The summed E-state index contributed by atoms with van der Waals surface area (Å²) in [6, 6.07) is 23.0. The monoisotopic (exact) mass is 405 g/mol. The molecule has 0 aromatic heterocycles. The first-order valence-electron chi connectivity index (χ1n) is 9.00. The number of amides is 1. The Morgan fingerprint density at radius 3 is 2.34 bits per heavy atom. The molecule has 0 saturated carbocycles. The van der Waals surface area contributed by atoms with Gasteiger partial charge in [-0.1, -0.05) is 72.3 Å². The Balaban J connectivity index is 1.75. The summed E-state index contributed by atoms with van der Waals surface area (Å²) in [5.74, 6) is -0.412. The van der Waals surface area contributed by atoms with Crippen LogP contribution in [-0.2, 0) is 0 Å². The van der Waals surface area contributed by atoms with Crippen molar-refractivity contribution in [1.82, 2.24) is 5.01 Å². The van der Waals surface area contributed by atoms with Gasteiger partial charge < -0.3 is 0 Å². The molecule has 0 radical (unpaired) electrons. The van der Waals surface area contributed by atoms with Crippen molar-refractivity contribution in [3.63, 3.8) is 0 Å². The molecule has 6 nitrogen and oxygen atoms in total. The molecule has 0 unspecified atom stereocenters. The molecule has 1 amide bonds. The van der Waals surface area contributed by atoms with Gasteiger partial charge in [-0.25, -0.2) is 5.01 Å². The van der Waals surface area contributed by atoms with E-state index in [2.05, 4.69) is 5.10 Å². The molecule has 4 rings (SSSR count). The maximum absolute atomic E-state index is 13.2. The van der Waals surface area contributed by atoms with Crippen LogP contribution in [-0.4, -0.2) is 21.6 Å². The van der Waals surface area contributed by atoms with Crippen molar-refractivity contribution >= 4 is 28.9 Å². The topological polar surface area (TPSA) is 75.8 Å². The van der Waals surface area contributed by atoms with Crippen LogP contribution in [0.4, 0.5) is 5.69 Å². The third kappa shape index (κ3) is 3.75. The average molecular weight is 406 g/mol. The molecule has 144 valence electrons. The molecular weight excluding hydrogens is 390 g/mol. The molecule has 1 heterocycles. The summed E-state index contributed by atoms with van der Waals surface area (Å²) in [4.78, 5) is 23.9. The zero-order valence-corrected chi connectivity index (χ0v) is 16.0. The van der Waals surface area contributed by atoms with Gasteiger partial charge in [0.05, 0.1) is 16.7 Å². The second-order valence-corrected chi connectivity index (χ2v) is 7.02. The first-order chi connectivity index (χ1) is 14.0. The number of benzene rings is 3. The highest BCUT2D eigenvalue weighted by Crippen LogP contribution is 2.35. The molecule has 0 fully saturated rings. The Kier molecular flexibility index (Phi) is 5.10. The van der Waals surface area contributed by atoms with Crippen LogP contribution in [0.15, 0.2) is 84.0 Å². The van der Waals surface area contributed by atoms with E-state index in [1.54, 1.807) is 0 Å². The Morgan fingerprint density at radius 1 is 1.03 bits per heavy atom. The van der Waals surface area contributed by atoms with Crippen molar-refractivity contribution in [2.75, 3.05) is 0 Å². The second-order valence-electron chi connectivity index (χ2n) is 6.62. The van der Waals surface area contributed by atoms with Crippen molar-refractivity contribution in [1.29, 1.82) is 0 Å². The maximum Gasteiger partial charge on any atom is 0.288 e. The van der Waals surface area contributed by atoms with E-state index >= 15 is 0 Å². The highest BCUT2D eigenvalue weighted by Gasteiger charge is 2.34. The van der Waals surface area contributed by atoms with Gasteiger partial charge in [0.25, 0.3) is 11.6 Å². The largest absolute Gasteiger partial charge is 0.288 e. The van der Waals surface area contributed by atoms with Gasteiger partial charge in [0, 0.05) is 18.1 Å². The Bertz CT molecular complexity index is 1100. The lowest BCUT2D eigenvalue weighted by Crippen LogP contribution is -2.27. The number of nitro benzene ring substituents is 1. The number of rotatable bonds is 4. The number of hydrogen-bond acceptors (Lipinski definition) is 4. The predicted molar refractivity (Wildman–Crippen MR) is 111 cm³/mol. The summed E-state index contributed by atoms with van der Waals surface area (Å²) in [5.41, 5.74) is 2.53. The molecule has 0 aliphatic carbocycles. The van der Waals surface area contributed by atoms with Crippen molar-refractivity contribution in [2.45, 2.75) is 12.5 Å². The van der Waals surface area contributed by atoms with E-state index in [4.69, 9.17) is 11.6 Å². The molecule has 0 saturated heterocycles. The zero-order valence-electron chi connectivity index (χ0n) is 15.2. The van der Waals surface area contributed by atoms with Gasteiger partial charge in [0.15, 0.2) is 0 Å². The first-order valence-corrected chi connectivity index (χ1v) is 9.38. The van der Waals surface area contributed by atoms with E-state index in [0.29, 0.717) is 6.42 Å². The van der Waals surface area contributed by atoms with Crippen LogP contribution in [0.2, 0.25) is 5.02 Å². The lowest BCUT2D eigenvalue weighted by atomic mass is 9.98. The van der Waals surface area contributed by atoms with E-state index < -0.39 is 10.8 Å². The lowest BCUT2D eigenvalue weighted by molar-refractivity contribution is -0.384. The summed E-state index contributed by atoms with van der Waals surface area (Å²) in [6.07, 6.45) is 0.551. The summed E-state index contributed by atoms with van der Waals surface area (Å²) in [6.45, 7) is 0. The van der Waals surface area contributed by atoms with Gasteiger partial charge in [-0.15, -0.1) is 0 Å². The number of nitro groups is 1. The zero-order chi connectivity index (χ0) is 20.4. The predicted octanol–water partition coefficient (Wildman–Crippen LogP) is 5.24. The highest BCUT2D eigenvalue weighted by molar-refractivity contribution is 6.32. The van der Waals surface area contributed by atoms with Crippen molar-refractivity contribution in [3.8, 4) is 0 Å². The van der Waals surface area contributed by atoms with Gasteiger partial charge >= 0.3 is 0 Å². The third-order valence-corrected chi connectivity index (χ3v) is 5.12. The number of hydrazone groups is 1. The van der Waals surface area contributed by atoms with Crippen LogP contribution >= 0.6 is 11.6 Å². The molecule has 7 heteroatoms. The maximum atomic E-state index is 13.2. The lowest BCUT2D eigenvalue weighted by Gasteiger charge is -2.22. The molecule has 3 aromatic carbocycles. The summed E-state index contributed by atoms with van der Waals surface area (Å²) < 4.78 is 0. The van der Waals surface area contributed by atoms with Crippen LogP contribution in [0.1, 0.15) is 33.9 Å².